The zero-order valence-electron chi connectivity index (χ0n) is 7.77. The quantitative estimate of drug-likeness (QED) is 0.676. The van der Waals surface area contributed by atoms with E-state index in [1.54, 1.807) is 0 Å². The van der Waals surface area contributed by atoms with Crippen LogP contribution in [0.15, 0.2) is 24.4 Å². The Balaban J connectivity index is 2.33. The molecule has 0 amide bonds. The highest BCUT2D eigenvalue weighted by molar-refractivity contribution is 5.74. The summed E-state index contributed by atoms with van der Waals surface area (Å²) in [5, 5.41) is 8.76. The van der Waals surface area contributed by atoms with Crippen molar-refractivity contribution in [2.75, 3.05) is 6.61 Å². The second-order valence-corrected chi connectivity index (χ2v) is 3.27. The molecule has 2 aromatic heterocycles. The summed E-state index contributed by atoms with van der Waals surface area (Å²) in [5.41, 5.74) is 8.58. The maximum absolute atomic E-state index is 8.76. The molecule has 2 rings (SSSR count). The van der Waals surface area contributed by atoms with Crippen LogP contribution in [0.2, 0.25) is 0 Å². The normalized spacial score (nSPS) is 13.3. The summed E-state index contributed by atoms with van der Waals surface area (Å²) in [5.74, 6) is 0. The van der Waals surface area contributed by atoms with Crippen LogP contribution in [-0.2, 0) is 0 Å². The van der Waals surface area contributed by atoms with E-state index in [1.807, 2.05) is 24.4 Å². The van der Waals surface area contributed by atoms with Crippen LogP contribution in [0, 0.1) is 0 Å². The zero-order chi connectivity index (χ0) is 9.97. The maximum Gasteiger partial charge on any atom is 0.0882 e. The van der Waals surface area contributed by atoms with Crippen molar-refractivity contribution < 1.29 is 5.11 Å². The molecule has 0 aliphatic rings. The molecule has 4 nitrogen and oxygen atoms in total. The Morgan fingerprint density at radius 2 is 2.29 bits per heavy atom. The third-order valence-electron chi connectivity index (χ3n) is 2.25. The average molecular weight is 191 g/mol. The van der Waals surface area contributed by atoms with Gasteiger partial charge in [0.2, 0.25) is 0 Å². The summed E-state index contributed by atoms with van der Waals surface area (Å²) in [6.45, 7) is 0.0913. The minimum absolute atomic E-state index is 0.0913. The van der Waals surface area contributed by atoms with Gasteiger partial charge in [0, 0.05) is 18.8 Å². The van der Waals surface area contributed by atoms with E-state index in [0.29, 0.717) is 6.42 Å². The first-order chi connectivity index (χ1) is 6.81. The van der Waals surface area contributed by atoms with Crippen LogP contribution in [0.3, 0.4) is 0 Å². The lowest BCUT2D eigenvalue weighted by molar-refractivity contribution is 0.275. The summed E-state index contributed by atoms with van der Waals surface area (Å²) in [4.78, 5) is 7.45. The summed E-state index contributed by atoms with van der Waals surface area (Å²) < 4.78 is 0. The standard InChI is InChI=1S/C10H13N3O/c11-7(4-6-14)8-1-2-9-10(13-8)3-5-12-9/h1-3,5,7,12,14H,4,6,11H2. The summed E-state index contributed by atoms with van der Waals surface area (Å²) in [6, 6.07) is 5.57. The molecule has 1 atom stereocenters. The number of nitrogens with two attached hydrogens (primary N) is 1. The minimum Gasteiger partial charge on any atom is -0.396 e. The first-order valence-corrected chi connectivity index (χ1v) is 4.62. The molecule has 4 heteroatoms. The molecular weight excluding hydrogens is 178 g/mol. The number of aromatic nitrogens is 2. The highest BCUT2D eigenvalue weighted by Crippen LogP contribution is 2.15. The molecule has 0 fully saturated rings. The fraction of sp³-hybridized carbons (Fsp3) is 0.300. The topological polar surface area (TPSA) is 74.9 Å². The van der Waals surface area contributed by atoms with Crippen molar-refractivity contribution in [1.29, 1.82) is 0 Å². The van der Waals surface area contributed by atoms with Gasteiger partial charge in [-0.05, 0) is 24.6 Å². The van der Waals surface area contributed by atoms with E-state index in [9.17, 15) is 0 Å². The number of aliphatic hydroxyl groups excluding tert-OH is 1. The van der Waals surface area contributed by atoms with Gasteiger partial charge in [0.1, 0.15) is 0 Å². The van der Waals surface area contributed by atoms with Gasteiger partial charge in [-0.3, -0.25) is 0 Å². The molecule has 4 N–H and O–H groups in total. The van der Waals surface area contributed by atoms with Gasteiger partial charge in [0.25, 0.3) is 0 Å². The Morgan fingerprint density at radius 1 is 1.43 bits per heavy atom. The number of hydrogen-bond acceptors (Lipinski definition) is 3. The van der Waals surface area contributed by atoms with Crippen LogP contribution >= 0.6 is 0 Å². The third-order valence-corrected chi connectivity index (χ3v) is 2.25. The van der Waals surface area contributed by atoms with Crippen molar-refractivity contribution in [1.82, 2.24) is 9.97 Å². The summed E-state index contributed by atoms with van der Waals surface area (Å²) in [7, 11) is 0. The highest BCUT2D eigenvalue weighted by atomic mass is 16.3. The Labute approximate surface area is 81.8 Å². The number of aliphatic hydroxyl groups is 1. The van der Waals surface area contributed by atoms with E-state index in [1.165, 1.54) is 0 Å². The summed E-state index contributed by atoms with van der Waals surface area (Å²) >= 11 is 0. The first-order valence-electron chi connectivity index (χ1n) is 4.62. The second-order valence-electron chi connectivity index (χ2n) is 3.27. The van der Waals surface area contributed by atoms with Gasteiger partial charge in [-0.1, -0.05) is 0 Å². The Hall–Kier alpha value is -1.39. The predicted molar refractivity (Wildman–Crippen MR) is 54.7 cm³/mol. The molecule has 1 unspecified atom stereocenters. The Kier molecular flexibility index (Phi) is 2.47. The number of nitrogens with one attached hydrogen (secondary N) is 1. The van der Waals surface area contributed by atoms with Crippen LogP contribution < -0.4 is 5.73 Å². The lowest BCUT2D eigenvalue weighted by Gasteiger charge is -2.08. The molecule has 0 saturated heterocycles. The number of nitrogens with zero attached hydrogens (tertiary/aromatic N) is 1. The molecule has 0 saturated carbocycles. The van der Waals surface area contributed by atoms with E-state index in [2.05, 4.69) is 9.97 Å². The number of hydrogen-bond donors (Lipinski definition) is 3. The van der Waals surface area contributed by atoms with Crippen LogP contribution in [0.1, 0.15) is 18.2 Å². The lowest BCUT2D eigenvalue weighted by atomic mass is 10.1. The highest BCUT2D eigenvalue weighted by Gasteiger charge is 2.07. The molecule has 0 aromatic carbocycles. The summed E-state index contributed by atoms with van der Waals surface area (Å²) in [6.07, 6.45) is 2.39. The van der Waals surface area contributed by atoms with Crippen molar-refractivity contribution in [3.8, 4) is 0 Å². The lowest BCUT2D eigenvalue weighted by Crippen LogP contribution is -2.13. The molecule has 74 valence electrons. The number of fused-ring (bicyclic) bond motifs is 1. The minimum atomic E-state index is -0.181. The maximum atomic E-state index is 8.76. The van der Waals surface area contributed by atoms with Gasteiger partial charge in [-0.15, -0.1) is 0 Å². The van der Waals surface area contributed by atoms with Crippen LogP contribution in [0.4, 0.5) is 0 Å². The molecule has 0 aliphatic carbocycles. The van der Waals surface area contributed by atoms with Gasteiger partial charge in [0.15, 0.2) is 0 Å². The van der Waals surface area contributed by atoms with Gasteiger partial charge in [-0.25, -0.2) is 4.98 Å². The zero-order valence-corrected chi connectivity index (χ0v) is 7.77. The number of rotatable bonds is 3. The van der Waals surface area contributed by atoms with Gasteiger partial charge < -0.3 is 15.8 Å². The molecule has 2 heterocycles. The van der Waals surface area contributed by atoms with E-state index < -0.39 is 0 Å². The number of aromatic amines is 1. The van der Waals surface area contributed by atoms with Crippen LogP contribution in [0.25, 0.3) is 11.0 Å². The molecule has 2 aromatic rings. The molecule has 14 heavy (non-hydrogen) atoms. The van der Waals surface area contributed by atoms with Gasteiger partial charge in [0.05, 0.1) is 16.7 Å². The van der Waals surface area contributed by atoms with Crippen LogP contribution in [0.5, 0.6) is 0 Å². The van der Waals surface area contributed by atoms with Crippen molar-refractivity contribution in [2.24, 2.45) is 5.73 Å². The molecular formula is C10H13N3O. The predicted octanol–water partition coefficient (Wildman–Crippen LogP) is 0.945. The number of H-pyrrole nitrogens is 1. The smallest absolute Gasteiger partial charge is 0.0882 e. The molecule has 0 spiro atoms. The first kappa shape index (κ1) is 9.18. The van der Waals surface area contributed by atoms with E-state index >= 15 is 0 Å². The second kappa shape index (κ2) is 3.77. The average Bonchev–Trinajstić information content (AvgIpc) is 2.64. The molecule has 0 radical (unpaired) electrons. The monoisotopic (exact) mass is 191 g/mol. The fourth-order valence-corrected chi connectivity index (χ4v) is 1.44. The van der Waals surface area contributed by atoms with Gasteiger partial charge >= 0.3 is 0 Å². The molecule has 0 bridgehead atoms. The van der Waals surface area contributed by atoms with E-state index in [4.69, 9.17) is 10.8 Å². The fourth-order valence-electron chi connectivity index (χ4n) is 1.44. The van der Waals surface area contributed by atoms with Crippen LogP contribution in [-0.4, -0.2) is 21.7 Å². The Bertz CT molecular complexity index is 424. The largest absolute Gasteiger partial charge is 0.396 e. The van der Waals surface area contributed by atoms with Crippen molar-refractivity contribution in [3.63, 3.8) is 0 Å². The Morgan fingerprint density at radius 3 is 3.07 bits per heavy atom. The van der Waals surface area contributed by atoms with Crippen molar-refractivity contribution in [3.05, 3.63) is 30.1 Å². The third kappa shape index (κ3) is 1.62. The van der Waals surface area contributed by atoms with Gasteiger partial charge in [-0.2, -0.15) is 0 Å². The number of pyridine rings is 1. The molecule has 0 aliphatic heterocycles. The van der Waals surface area contributed by atoms with Crippen molar-refractivity contribution >= 4 is 11.0 Å². The van der Waals surface area contributed by atoms with E-state index in [-0.39, 0.29) is 12.6 Å². The van der Waals surface area contributed by atoms with Crippen molar-refractivity contribution in [2.45, 2.75) is 12.5 Å². The SMILES string of the molecule is NC(CCO)c1ccc2[nH]ccc2n1. The van der Waals surface area contributed by atoms with E-state index in [0.717, 1.165) is 16.7 Å².